The second kappa shape index (κ2) is 6.38. The number of nitro groups is 1. The minimum Gasteiger partial charge on any atom is -0.458 e. The summed E-state index contributed by atoms with van der Waals surface area (Å²) < 4.78 is 32.9. The molecule has 2 aliphatic rings. The van der Waals surface area contributed by atoms with Crippen LogP contribution in [0.15, 0.2) is 46.4 Å². The van der Waals surface area contributed by atoms with Gasteiger partial charge in [0.05, 0.1) is 11.1 Å². The van der Waals surface area contributed by atoms with Crippen molar-refractivity contribution in [1.82, 2.24) is 4.31 Å². The Hall–Kier alpha value is -2.75. The fourth-order valence-electron chi connectivity index (χ4n) is 3.50. The van der Waals surface area contributed by atoms with Gasteiger partial charge in [-0.25, -0.2) is 13.2 Å². The van der Waals surface area contributed by atoms with E-state index >= 15 is 0 Å². The summed E-state index contributed by atoms with van der Waals surface area (Å²) in [7, 11) is -4.18. The van der Waals surface area contributed by atoms with Crippen LogP contribution in [0.5, 0.6) is 0 Å². The van der Waals surface area contributed by atoms with Crippen molar-refractivity contribution in [3.8, 4) is 0 Å². The smallest absolute Gasteiger partial charge is 0.336 e. The molecule has 1 aromatic rings. The molecule has 0 bridgehead atoms. The number of ether oxygens (including phenoxy) is 1. The van der Waals surface area contributed by atoms with E-state index in [9.17, 15) is 23.3 Å². The van der Waals surface area contributed by atoms with Crippen LogP contribution in [0.1, 0.15) is 33.3 Å². The molecule has 9 nitrogen and oxygen atoms in total. The molecule has 3 rings (SSSR count). The minimum atomic E-state index is -4.18. The largest absolute Gasteiger partial charge is 0.458 e. The molecule has 10 heteroatoms. The van der Waals surface area contributed by atoms with Gasteiger partial charge in [0.25, 0.3) is 15.6 Å². The van der Waals surface area contributed by atoms with Gasteiger partial charge in [-0.1, -0.05) is 17.7 Å². The minimum absolute atomic E-state index is 0.0367. The number of aryl methyl sites for hydroxylation is 1. The fourth-order valence-corrected chi connectivity index (χ4v) is 5.09. The molecule has 0 aliphatic carbocycles. The van der Waals surface area contributed by atoms with Crippen molar-refractivity contribution in [1.29, 1.82) is 0 Å². The zero-order valence-electron chi connectivity index (χ0n) is 16.8. The highest BCUT2D eigenvalue weighted by Crippen LogP contribution is 2.44. The zero-order chi connectivity index (χ0) is 21.8. The monoisotopic (exact) mass is 421 g/mol. The standard InChI is InChI=1S/C19H23N3O6S/c1-13-6-8-14(9-7-13)29(26,27)21-11-10-19(22(24)25)12-20-18(5,15(19)21)16(23)28-17(2,3)4/h6-12,15H,1-5H3/t15-,18+,19-/m0/s1. The maximum Gasteiger partial charge on any atom is 0.336 e. The normalized spacial score (nSPS) is 28.4. The third kappa shape index (κ3) is 3.21. The van der Waals surface area contributed by atoms with Gasteiger partial charge in [0.1, 0.15) is 5.60 Å². The second-order valence-electron chi connectivity index (χ2n) is 8.42. The van der Waals surface area contributed by atoms with Crippen LogP contribution < -0.4 is 0 Å². The summed E-state index contributed by atoms with van der Waals surface area (Å²) in [6.45, 7) is 8.14. The number of hydrogen-bond acceptors (Lipinski definition) is 7. The Kier molecular flexibility index (Phi) is 4.61. The summed E-state index contributed by atoms with van der Waals surface area (Å²) in [5.41, 5.74) is -3.75. The average molecular weight is 421 g/mol. The molecule has 156 valence electrons. The van der Waals surface area contributed by atoms with Gasteiger partial charge >= 0.3 is 5.97 Å². The van der Waals surface area contributed by atoms with Crippen LogP contribution in [0.2, 0.25) is 0 Å². The van der Waals surface area contributed by atoms with Crippen molar-refractivity contribution in [2.24, 2.45) is 4.99 Å². The summed E-state index contributed by atoms with van der Waals surface area (Å²) in [5.74, 6) is -0.831. The van der Waals surface area contributed by atoms with Crippen molar-refractivity contribution in [3.63, 3.8) is 0 Å². The van der Waals surface area contributed by atoms with Crippen LogP contribution in [-0.4, -0.2) is 52.6 Å². The van der Waals surface area contributed by atoms with Crippen molar-refractivity contribution in [3.05, 3.63) is 52.2 Å². The van der Waals surface area contributed by atoms with E-state index in [0.717, 1.165) is 28.4 Å². The molecule has 1 aromatic carbocycles. The van der Waals surface area contributed by atoms with Crippen molar-refractivity contribution in [2.75, 3.05) is 0 Å². The zero-order valence-corrected chi connectivity index (χ0v) is 17.6. The van der Waals surface area contributed by atoms with Crippen molar-refractivity contribution < 1.29 is 22.9 Å². The summed E-state index contributed by atoms with van der Waals surface area (Å²) >= 11 is 0. The van der Waals surface area contributed by atoms with Gasteiger partial charge in [0.15, 0.2) is 11.6 Å². The summed E-state index contributed by atoms with van der Waals surface area (Å²) in [6.07, 6.45) is 3.32. The topological polar surface area (TPSA) is 119 Å². The highest BCUT2D eigenvalue weighted by Gasteiger charge is 2.70. The number of carbonyl (C=O) groups is 1. The predicted molar refractivity (Wildman–Crippen MR) is 106 cm³/mol. The Labute approximate surface area is 169 Å². The summed E-state index contributed by atoms with van der Waals surface area (Å²) in [4.78, 5) is 28.3. The molecular weight excluding hydrogens is 398 g/mol. The number of fused-ring (bicyclic) bond motifs is 1. The van der Waals surface area contributed by atoms with Crippen molar-refractivity contribution in [2.45, 2.75) is 62.2 Å². The molecule has 0 fully saturated rings. The van der Waals surface area contributed by atoms with Gasteiger partial charge in [-0.2, -0.15) is 0 Å². The van der Waals surface area contributed by atoms with Gasteiger partial charge < -0.3 is 4.74 Å². The lowest BCUT2D eigenvalue weighted by Crippen LogP contribution is -2.61. The lowest BCUT2D eigenvalue weighted by molar-refractivity contribution is -0.535. The van der Waals surface area contributed by atoms with Crippen molar-refractivity contribution >= 4 is 22.2 Å². The SMILES string of the molecule is Cc1ccc(S(=O)(=O)N2C=C[C@]3([N+](=O)[O-])C=N[C@@](C)(C(=O)OC(C)(C)C)[C@H]23)cc1. The molecule has 2 aliphatic heterocycles. The number of benzene rings is 1. The first-order chi connectivity index (χ1) is 13.2. The summed E-state index contributed by atoms with van der Waals surface area (Å²) in [6, 6.07) is 4.68. The molecule has 0 N–H and O–H groups in total. The average Bonchev–Trinajstić information content (AvgIpc) is 3.13. The lowest BCUT2D eigenvalue weighted by Gasteiger charge is -2.36. The quantitative estimate of drug-likeness (QED) is 0.417. The number of carbonyl (C=O) groups excluding carboxylic acids is 1. The molecule has 0 saturated heterocycles. The molecule has 0 radical (unpaired) electrons. The van der Waals surface area contributed by atoms with Crippen LogP contribution >= 0.6 is 0 Å². The first kappa shape index (κ1) is 21.0. The maximum atomic E-state index is 13.3. The molecule has 29 heavy (non-hydrogen) atoms. The number of esters is 1. The molecule has 3 atom stereocenters. The molecule has 0 amide bonds. The van der Waals surface area contributed by atoms with E-state index in [1.807, 2.05) is 6.92 Å². The third-order valence-electron chi connectivity index (χ3n) is 4.98. The Balaban J connectivity index is 2.11. The van der Waals surface area contributed by atoms with Crippen LogP contribution in [-0.2, 0) is 19.6 Å². The van der Waals surface area contributed by atoms with E-state index < -0.39 is 43.6 Å². The Morgan fingerprint density at radius 1 is 1.28 bits per heavy atom. The van der Waals surface area contributed by atoms with E-state index in [1.165, 1.54) is 19.1 Å². The van der Waals surface area contributed by atoms with E-state index in [1.54, 1.807) is 32.9 Å². The van der Waals surface area contributed by atoms with E-state index in [0.29, 0.717) is 0 Å². The van der Waals surface area contributed by atoms with E-state index in [-0.39, 0.29) is 4.90 Å². The molecule has 2 heterocycles. The van der Waals surface area contributed by atoms with Crippen LogP contribution in [0.4, 0.5) is 0 Å². The Morgan fingerprint density at radius 3 is 2.38 bits per heavy atom. The lowest BCUT2D eigenvalue weighted by atomic mass is 9.84. The number of hydrogen-bond donors (Lipinski definition) is 0. The number of nitrogens with zero attached hydrogens (tertiary/aromatic N) is 3. The molecule has 0 aromatic heterocycles. The van der Waals surface area contributed by atoms with Crippen LogP contribution in [0.3, 0.4) is 0 Å². The van der Waals surface area contributed by atoms with Gasteiger partial charge in [-0.05, 0) is 46.8 Å². The molecule has 0 unspecified atom stereocenters. The number of sulfonamides is 1. The second-order valence-corrected chi connectivity index (χ2v) is 10.3. The van der Waals surface area contributed by atoms with E-state index in [4.69, 9.17) is 4.74 Å². The highest BCUT2D eigenvalue weighted by atomic mass is 32.2. The van der Waals surface area contributed by atoms with E-state index in [2.05, 4.69) is 4.99 Å². The highest BCUT2D eigenvalue weighted by molar-refractivity contribution is 7.89. The van der Waals surface area contributed by atoms with Crippen LogP contribution in [0, 0.1) is 17.0 Å². The molecular formula is C19H23N3O6S. The molecule has 0 saturated carbocycles. The Morgan fingerprint density at radius 2 is 1.86 bits per heavy atom. The van der Waals surface area contributed by atoms with Gasteiger partial charge in [-0.15, -0.1) is 0 Å². The van der Waals surface area contributed by atoms with Gasteiger partial charge in [0, 0.05) is 17.2 Å². The Bertz CT molecular complexity index is 1030. The summed E-state index contributed by atoms with van der Waals surface area (Å²) in [5, 5.41) is 11.9. The van der Waals surface area contributed by atoms with Gasteiger partial charge in [0.2, 0.25) is 0 Å². The third-order valence-corrected chi connectivity index (χ3v) is 6.73. The van der Waals surface area contributed by atoms with Crippen LogP contribution in [0.25, 0.3) is 0 Å². The first-order valence-corrected chi connectivity index (χ1v) is 10.4. The first-order valence-electron chi connectivity index (χ1n) is 8.98. The van der Waals surface area contributed by atoms with Gasteiger partial charge in [-0.3, -0.25) is 19.4 Å². The predicted octanol–water partition coefficient (Wildman–Crippen LogP) is 2.08. The molecule has 0 spiro atoms. The maximum absolute atomic E-state index is 13.3. The number of rotatable bonds is 4. The number of aliphatic imine (C=N–C) groups is 1. The fraction of sp³-hybridized carbons (Fsp3) is 0.474.